The van der Waals surface area contributed by atoms with E-state index in [1.807, 2.05) is 18.9 Å². The Kier molecular flexibility index (Phi) is 8.96. The molecule has 2 unspecified atom stereocenters. The number of hydrogen-bond acceptors (Lipinski definition) is 8. The van der Waals surface area contributed by atoms with Crippen LogP contribution in [0.1, 0.15) is 29.3 Å². The number of hydrogen-bond donors (Lipinski definition) is 3. The summed E-state index contributed by atoms with van der Waals surface area (Å²) in [5.74, 6) is 6.16. The van der Waals surface area contributed by atoms with Gasteiger partial charge in [-0.05, 0) is 44.7 Å². The Labute approximate surface area is 250 Å². The van der Waals surface area contributed by atoms with Crippen LogP contribution in [0.25, 0.3) is 5.52 Å². The molecule has 5 rings (SSSR count). The molecule has 14 heteroatoms. The highest BCUT2D eigenvalue weighted by Gasteiger charge is 2.35. The lowest BCUT2D eigenvalue weighted by Gasteiger charge is -2.38. The Hall–Kier alpha value is -3.67. The number of aromatic nitrogens is 2. The van der Waals surface area contributed by atoms with Crippen LogP contribution >= 0.6 is 11.8 Å². The van der Waals surface area contributed by atoms with Gasteiger partial charge in [0.25, 0.3) is 5.91 Å². The molecule has 43 heavy (non-hydrogen) atoms. The summed E-state index contributed by atoms with van der Waals surface area (Å²) in [7, 11) is 3.31. The number of likely N-dealkylation sites (tertiary alicyclic amines) is 1. The standard InChI is InChI=1S/C29H32F4N6O3S/c1-28(16-42-17-28)37-26(40)18-6-7-22(24(14-18)41-3)34-9-4-5-19-13-23-25(36-21-8-11-38(2)15-20(21)30)35-10-12-39(23)27(19)43-29(31,32)33/h6-7,10,12-14,20-21,34H,8-9,11,15-17H2,1-3H3,(H,35,36)(H,37,40). The van der Waals surface area contributed by atoms with Crippen molar-refractivity contribution in [3.63, 3.8) is 0 Å². The summed E-state index contributed by atoms with van der Waals surface area (Å²) < 4.78 is 67.3. The molecule has 0 aliphatic carbocycles. The lowest BCUT2D eigenvalue weighted by atomic mass is 10.00. The molecular weight excluding hydrogens is 588 g/mol. The maximum atomic E-state index is 14.7. The van der Waals surface area contributed by atoms with E-state index in [0.717, 1.165) is 0 Å². The average molecular weight is 621 g/mol. The Morgan fingerprint density at radius 2 is 2.09 bits per heavy atom. The third kappa shape index (κ3) is 7.29. The molecule has 9 nitrogen and oxygen atoms in total. The van der Waals surface area contributed by atoms with Crippen molar-refractivity contribution in [1.82, 2.24) is 19.6 Å². The molecule has 4 heterocycles. The highest BCUT2D eigenvalue weighted by Crippen LogP contribution is 2.40. The molecule has 0 radical (unpaired) electrons. The van der Waals surface area contributed by atoms with Crippen LogP contribution in [0.2, 0.25) is 0 Å². The number of rotatable bonds is 8. The van der Waals surface area contributed by atoms with Gasteiger partial charge in [0, 0.05) is 42.8 Å². The summed E-state index contributed by atoms with van der Waals surface area (Å²) in [5.41, 5.74) is -3.45. The first-order valence-electron chi connectivity index (χ1n) is 13.6. The van der Waals surface area contributed by atoms with Crippen molar-refractivity contribution in [3.05, 3.63) is 47.8 Å². The van der Waals surface area contributed by atoms with Crippen LogP contribution in [-0.4, -0.2) is 90.5 Å². The summed E-state index contributed by atoms with van der Waals surface area (Å²) in [6.07, 6.45) is 2.20. The van der Waals surface area contributed by atoms with Gasteiger partial charge >= 0.3 is 5.51 Å². The lowest BCUT2D eigenvalue weighted by molar-refractivity contribution is -0.0593. The first-order chi connectivity index (χ1) is 20.4. The fraction of sp³-hybridized carbons (Fsp3) is 0.448. The maximum absolute atomic E-state index is 14.7. The molecule has 2 aromatic heterocycles. The number of benzene rings is 1. The monoisotopic (exact) mass is 620 g/mol. The van der Waals surface area contributed by atoms with E-state index in [9.17, 15) is 22.4 Å². The summed E-state index contributed by atoms with van der Waals surface area (Å²) in [6.45, 7) is 3.82. The van der Waals surface area contributed by atoms with Crippen LogP contribution in [0.5, 0.6) is 5.75 Å². The fourth-order valence-electron chi connectivity index (χ4n) is 4.97. The third-order valence-corrected chi connectivity index (χ3v) is 8.08. The largest absolute Gasteiger partial charge is 0.495 e. The first kappa shape index (κ1) is 30.8. The summed E-state index contributed by atoms with van der Waals surface area (Å²) in [4.78, 5) is 18.8. The molecule has 1 aromatic carbocycles. The van der Waals surface area contributed by atoms with Crippen molar-refractivity contribution in [3.8, 4) is 17.6 Å². The number of ether oxygens (including phenoxy) is 2. The SMILES string of the molecule is COc1cc(C(=O)NC2(C)COC2)ccc1NCC#Cc1cc2c(NC3CCN(C)CC3F)nccn2c1SC(F)(F)F. The highest BCUT2D eigenvalue weighted by molar-refractivity contribution is 8.00. The number of nitrogens with one attached hydrogen (secondary N) is 3. The van der Waals surface area contributed by atoms with E-state index >= 15 is 0 Å². The number of methoxy groups -OCH3 is 1. The highest BCUT2D eigenvalue weighted by atomic mass is 32.2. The first-order valence-corrected chi connectivity index (χ1v) is 14.4. The van der Waals surface area contributed by atoms with Crippen molar-refractivity contribution in [2.24, 2.45) is 0 Å². The van der Waals surface area contributed by atoms with Gasteiger partial charge in [-0.3, -0.25) is 4.79 Å². The molecule has 0 saturated carbocycles. The van der Waals surface area contributed by atoms with Crippen LogP contribution < -0.4 is 20.7 Å². The molecule has 3 N–H and O–H groups in total. The van der Waals surface area contributed by atoms with Gasteiger partial charge in [0.05, 0.1) is 55.2 Å². The molecule has 0 bridgehead atoms. The van der Waals surface area contributed by atoms with Gasteiger partial charge in [-0.25, -0.2) is 9.37 Å². The van der Waals surface area contributed by atoms with Crippen LogP contribution in [0.15, 0.2) is 41.7 Å². The maximum Gasteiger partial charge on any atom is 0.447 e. The second kappa shape index (κ2) is 12.5. The van der Waals surface area contributed by atoms with E-state index in [-0.39, 0.29) is 41.3 Å². The molecule has 2 aliphatic heterocycles. The molecule has 0 spiro atoms. The summed E-state index contributed by atoms with van der Waals surface area (Å²) in [6, 6.07) is 5.94. The quantitative estimate of drug-likeness (QED) is 0.194. The number of piperidine rings is 1. The summed E-state index contributed by atoms with van der Waals surface area (Å²) >= 11 is -0.269. The number of alkyl halides is 4. The Morgan fingerprint density at radius 3 is 2.77 bits per heavy atom. The van der Waals surface area contributed by atoms with Crippen LogP contribution in [-0.2, 0) is 4.74 Å². The van der Waals surface area contributed by atoms with Crippen LogP contribution in [0, 0.1) is 11.8 Å². The number of halogens is 4. The smallest absolute Gasteiger partial charge is 0.447 e. The normalized spacial score (nSPS) is 20.1. The van der Waals surface area contributed by atoms with Gasteiger partial charge < -0.3 is 34.7 Å². The molecular formula is C29H32F4N6O3S. The van der Waals surface area contributed by atoms with Crippen LogP contribution in [0.3, 0.4) is 0 Å². The van der Waals surface area contributed by atoms with E-state index in [4.69, 9.17) is 9.47 Å². The van der Waals surface area contributed by atoms with Crippen molar-refractivity contribution < 1.29 is 31.8 Å². The minimum absolute atomic E-state index is 0.0854. The Bertz CT molecular complexity index is 1550. The number of amides is 1. The third-order valence-electron chi connectivity index (χ3n) is 7.24. The predicted octanol–water partition coefficient (Wildman–Crippen LogP) is 4.39. The zero-order valence-corrected chi connectivity index (χ0v) is 24.7. The van der Waals surface area contributed by atoms with E-state index in [1.165, 1.54) is 30.0 Å². The number of anilines is 2. The predicted molar refractivity (Wildman–Crippen MR) is 157 cm³/mol. The van der Waals surface area contributed by atoms with Gasteiger partial charge in [0.2, 0.25) is 0 Å². The fourth-order valence-corrected chi connectivity index (χ4v) is 5.67. The minimum atomic E-state index is -4.55. The molecule has 230 valence electrons. The molecule has 2 saturated heterocycles. The number of fused-ring (bicyclic) bond motifs is 1. The molecule has 2 fully saturated rings. The molecule has 2 atom stereocenters. The number of thioether (sulfide) groups is 1. The summed E-state index contributed by atoms with van der Waals surface area (Å²) in [5, 5.41) is 9.01. The Balaban J connectivity index is 1.34. The van der Waals surface area contributed by atoms with E-state index in [0.29, 0.717) is 54.5 Å². The van der Waals surface area contributed by atoms with Crippen LogP contribution in [0.4, 0.5) is 29.1 Å². The van der Waals surface area contributed by atoms with Crippen molar-refractivity contribution in [1.29, 1.82) is 0 Å². The average Bonchev–Trinajstić information content (AvgIpc) is 3.28. The zero-order valence-electron chi connectivity index (χ0n) is 23.8. The van der Waals surface area contributed by atoms with Gasteiger partial charge in [-0.2, -0.15) is 13.2 Å². The second-order valence-electron chi connectivity index (χ2n) is 10.8. The van der Waals surface area contributed by atoms with E-state index < -0.39 is 23.3 Å². The number of nitrogens with zero attached hydrogens (tertiary/aromatic N) is 3. The number of carbonyl (C=O) groups is 1. The zero-order chi connectivity index (χ0) is 30.8. The van der Waals surface area contributed by atoms with Gasteiger partial charge in [-0.15, -0.1) is 0 Å². The Morgan fingerprint density at radius 1 is 1.30 bits per heavy atom. The van der Waals surface area contributed by atoms with E-state index in [1.54, 1.807) is 18.2 Å². The topological polar surface area (TPSA) is 92.2 Å². The van der Waals surface area contributed by atoms with Gasteiger partial charge in [-0.1, -0.05) is 11.8 Å². The van der Waals surface area contributed by atoms with E-state index in [2.05, 4.69) is 32.8 Å². The van der Waals surface area contributed by atoms with Crippen molar-refractivity contribution in [2.45, 2.75) is 41.6 Å². The van der Waals surface area contributed by atoms with Crippen molar-refractivity contribution >= 4 is 34.7 Å². The van der Waals surface area contributed by atoms with Crippen molar-refractivity contribution in [2.75, 3.05) is 57.6 Å². The minimum Gasteiger partial charge on any atom is -0.495 e. The lowest BCUT2D eigenvalue weighted by Crippen LogP contribution is -2.59. The number of carbonyl (C=O) groups excluding carboxylic acids is 1. The second-order valence-corrected chi connectivity index (χ2v) is 11.9. The van der Waals surface area contributed by atoms with Gasteiger partial charge in [0.1, 0.15) is 16.9 Å². The molecule has 1 amide bonds. The molecule has 2 aliphatic rings. The van der Waals surface area contributed by atoms with Gasteiger partial charge in [0.15, 0.2) is 5.82 Å². The molecule has 3 aromatic rings.